The average Bonchev–Trinajstić information content (AvgIpc) is 2.96. The van der Waals surface area contributed by atoms with E-state index < -0.39 is 28.7 Å². The number of likely N-dealkylation sites (tertiary alicyclic amines) is 1. The smallest absolute Gasteiger partial charge is 0.410 e. The molecular weight excluding hydrogens is 362 g/mol. The molecule has 8 heteroatoms. The van der Waals surface area contributed by atoms with Crippen LogP contribution in [-0.4, -0.2) is 61.6 Å². The second-order valence-electron chi connectivity index (χ2n) is 9.92. The molecule has 0 bridgehead atoms. The molecule has 0 aliphatic carbocycles. The van der Waals surface area contributed by atoms with Crippen molar-refractivity contribution >= 4 is 11.9 Å². The van der Waals surface area contributed by atoms with E-state index in [1.807, 2.05) is 41.5 Å². The van der Waals surface area contributed by atoms with Crippen molar-refractivity contribution in [1.82, 2.24) is 14.7 Å². The van der Waals surface area contributed by atoms with Crippen molar-refractivity contribution in [2.75, 3.05) is 13.1 Å². The van der Waals surface area contributed by atoms with Gasteiger partial charge in [0.2, 0.25) is 5.78 Å². The minimum Gasteiger partial charge on any atom is -0.480 e. The Bertz CT molecular complexity index is 790. The lowest BCUT2D eigenvalue weighted by molar-refractivity contribution is -0.131. The highest BCUT2D eigenvalue weighted by molar-refractivity contribution is 6.04. The van der Waals surface area contributed by atoms with E-state index in [0.29, 0.717) is 31.7 Å². The number of fused-ring (bicyclic) bond motifs is 1. The van der Waals surface area contributed by atoms with E-state index in [1.54, 1.807) is 15.8 Å². The highest BCUT2D eigenvalue weighted by Crippen LogP contribution is 2.45. The molecule has 1 fully saturated rings. The number of carbonyl (C=O) groups is 2. The summed E-state index contributed by atoms with van der Waals surface area (Å²) in [7, 11) is 0. The summed E-state index contributed by atoms with van der Waals surface area (Å²) < 4.78 is 13.3. The molecule has 2 aliphatic heterocycles. The van der Waals surface area contributed by atoms with E-state index in [1.165, 1.54) is 6.92 Å². The number of aromatic nitrogens is 2. The van der Waals surface area contributed by atoms with Gasteiger partial charge in [-0.05, 0) is 48.5 Å². The molecule has 1 saturated heterocycles. The summed E-state index contributed by atoms with van der Waals surface area (Å²) in [6.07, 6.45) is 1.96. The fourth-order valence-electron chi connectivity index (χ4n) is 3.65. The fourth-order valence-corrected chi connectivity index (χ4v) is 3.65. The molecule has 8 nitrogen and oxygen atoms in total. The number of hydrogen-bond acceptors (Lipinski definition) is 6. The summed E-state index contributed by atoms with van der Waals surface area (Å²) in [5.74, 6) is -0.0559. The van der Waals surface area contributed by atoms with Gasteiger partial charge in [0, 0.05) is 25.9 Å². The second-order valence-corrected chi connectivity index (χ2v) is 9.92. The Balaban J connectivity index is 1.84. The zero-order valence-corrected chi connectivity index (χ0v) is 17.8. The van der Waals surface area contributed by atoms with Gasteiger partial charge in [0.15, 0.2) is 17.0 Å². The molecule has 28 heavy (non-hydrogen) atoms. The maximum Gasteiger partial charge on any atom is 0.410 e. The lowest BCUT2D eigenvalue weighted by Gasteiger charge is -2.50. The quantitative estimate of drug-likeness (QED) is 0.728. The summed E-state index contributed by atoms with van der Waals surface area (Å²) in [5, 5.41) is 15.5. The topological polar surface area (TPSA) is 93.9 Å². The number of rotatable bonds is 0. The molecule has 1 aromatic heterocycles. The van der Waals surface area contributed by atoms with Crippen molar-refractivity contribution < 1.29 is 24.2 Å². The molecule has 1 aromatic rings. The number of piperidine rings is 1. The third kappa shape index (κ3) is 3.38. The zero-order valence-electron chi connectivity index (χ0n) is 17.8. The number of aliphatic hydroxyl groups is 1. The van der Waals surface area contributed by atoms with Gasteiger partial charge in [0.25, 0.3) is 0 Å². The monoisotopic (exact) mass is 393 g/mol. The van der Waals surface area contributed by atoms with Crippen LogP contribution in [0.4, 0.5) is 4.79 Å². The SMILES string of the molecule is CC(C)(C)OC(=O)N1CCC2(CC1)Oc1cn(C(C)(C)C)nc1C(=O)C2(C)O. The number of hydrogen-bond donors (Lipinski definition) is 1. The predicted octanol–water partition coefficient (Wildman–Crippen LogP) is 2.73. The maximum atomic E-state index is 13.0. The first-order valence-corrected chi connectivity index (χ1v) is 9.71. The van der Waals surface area contributed by atoms with Crippen molar-refractivity contribution in [2.24, 2.45) is 0 Å². The third-order valence-electron chi connectivity index (χ3n) is 5.44. The van der Waals surface area contributed by atoms with E-state index in [9.17, 15) is 14.7 Å². The van der Waals surface area contributed by atoms with Crippen LogP contribution in [0.1, 0.15) is 71.8 Å². The Kier molecular flexibility index (Phi) is 4.57. The Morgan fingerprint density at radius 1 is 1.21 bits per heavy atom. The standard InChI is InChI=1S/C20H31N3O5/c1-17(2,3)23-12-13-14(21-23)15(24)19(7,26)20(27-13)8-10-22(11-9-20)16(25)28-18(4,5)6/h12,26H,8-11H2,1-7H3. The summed E-state index contributed by atoms with van der Waals surface area (Å²) in [6, 6.07) is 0. The lowest BCUT2D eigenvalue weighted by atomic mass is 9.72. The molecular formula is C20H31N3O5. The van der Waals surface area contributed by atoms with Crippen molar-refractivity contribution in [3.05, 3.63) is 11.9 Å². The number of carbonyl (C=O) groups excluding carboxylic acids is 2. The van der Waals surface area contributed by atoms with E-state index in [4.69, 9.17) is 9.47 Å². The number of ether oxygens (including phenoxy) is 2. The largest absolute Gasteiger partial charge is 0.480 e. The molecule has 1 unspecified atom stereocenters. The minimum absolute atomic E-state index is 0.153. The van der Waals surface area contributed by atoms with Crippen LogP contribution in [0, 0.1) is 0 Å². The molecule has 1 amide bonds. The third-order valence-corrected chi connectivity index (χ3v) is 5.44. The molecule has 2 aliphatic rings. The van der Waals surface area contributed by atoms with Crippen LogP contribution in [0.15, 0.2) is 6.20 Å². The van der Waals surface area contributed by atoms with Gasteiger partial charge >= 0.3 is 6.09 Å². The summed E-state index contributed by atoms with van der Waals surface area (Å²) >= 11 is 0. The number of Topliss-reactive ketones (excluding diaryl/α,β-unsaturated/α-hetero) is 1. The van der Waals surface area contributed by atoms with Gasteiger partial charge in [-0.1, -0.05) is 0 Å². The minimum atomic E-state index is -1.73. The Hall–Kier alpha value is -2.09. The van der Waals surface area contributed by atoms with Gasteiger partial charge < -0.3 is 19.5 Å². The molecule has 156 valence electrons. The van der Waals surface area contributed by atoms with Crippen LogP contribution in [0.2, 0.25) is 0 Å². The summed E-state index contributed by atoms with van der Waals surface area (Å²) in [6.45, 7) is 13.5. The molecule has 3 heterocycles. The normalized spacial score (nSPS) is 24.7. The molecule has 0 radical (unpaired) electrons. The van der Waals surface area contributed by atoms with Gasteiger partial charge in [-0.3, -0.25) is 9.48 Å². The highest BCUT2D eigenvalue weighted by Gasteiger charge is 2.60. The van der Waals surface area contributed by atoms with Gasteiger partial charge in [0.1, 0.15) is 11.2 Å². The van der Waals surface area contributed by atoms with Crippen LogP contribution < -0.4 is 4.74 Å². The van der Waals surface area contributed by atoms with Crippen molar-refractivity contribution in [3.8, 4) is 5.75 Å². The molecule has 1 N–H and O–H groups in total. The zero-order chi connectivity index (χ0) is 21.1. The van der Waals surface area contributed by atoms with Gasteiger partial charge in [0.05, 0.1) is 11.7 Å². The number of amides is 1. The van der Waals surface area contributed by atoms with Crippen molar-refractivity contribution in [1.29, 1.82) is 0 Å². The van der Waals surface area contributed by atoms with Gasteiger partial charge in [-0.15, -0.1) is 0 Å². The van der Waals surface area contributed by atoms with Crippen LogP contribution in [0.3, 0.4) is 0 Å². The van der Waals surface area contributed by atoms with Gasteiger partial charge in [-0.2, -0.15) is 5.10 Å². The molecule has 0 aromatic carbocycles. The average molecular weight is 393 g/mol. The first-order chi connectivity index (χ1) is 12.7. The first kappa shape index (κ1) is 20.6. The van der Waals surface area contributed by atoms with E-state index in [0.717, 1.165) is 0 Å². The number of nitrogens with zero attached hydrogens (tertiary/aromatic N) is 3. The Labute approximate surface area is 165 Å². The second kappa shape index (κ2) is 6.20. The van der Waals surface area contributed by atoms with Crippen molar-refractivity contribution in [3.63, 3.8) is 0 Å². The Morgan fingerprint density at radius 3 is 2.29 bits per heavy atom. The van der Waals surface area contributed by atoms with Crippen LogP contribution in [0.25, 0.3) is 0 Å². The number of ketones is 1. The first-order valence-electron chi connectivity index (χ1n) is 9.71. The fraction of sp³-hybridized carbons (Fsp3) is 0.750. The summed E-state index contributed by atoms with van der Waals surface area (Å²) in [5.41, 5.74) is -3.57. The molecule has 0 saturated carbocycles. The maximum absolute atomic E-state index is 13.0. The molecule has 3 rings (SSSR count). The van der Waals surface area contributed by atoms with Crippen molar-refractivity contribution in [2.45, 2.75) is 83.6 Å². The highest BCUT2D eigenvalue weighted by atomic mass is 16.6. The molecule has 1 atom stereocenters. The van der Waals surface area contributed by atoms with Crippen LogP contribution in [0.5, 0.6) is 5.75 Å². The van der Waals surface area contributed by atoms with Crippen LogP contribution >= 0.6 is 0 Å². The molecule has 1 spiro atoms. The Morgan fingerprint density at radius 2 is 1.79 bits per heavy atom. The van der Waals surface area contributed by atoms with E-state index in [2.05, 4.69) is 5.10 Å². The van der Waals surface area contributed by atoms with Gasteiger partial charge in [-0.25, -0.2) is 4.79 Å². The lowest BCUT2D eigenvalue weighted by Crippen LogP contribution is -2.67. The summed E-state index contributed by atoms with van der Waals surface area (Å²) in [4.78, 5) is 27.0. The van der Waals surface area contributed by atoms with Crippen LogP contribution in [-0.2, 0) is 10.3 Å². The van der Waals surface area contributed by atoms with E-state index in [-0.39, 0.29) is 11.2 Å². The van der Waals surface area contributed by atoms with E-state index >= 15 is 0 Å². The predicted molar refractivity (Wildman–Crippen MR) is 103 cm³/mol.